The Hall–Kier alpha value is -3.95. The second-order valence-corrected chi connectivity index (χ2v) is 10.8. The zero-order valence-electron chi connectivity index (χ0n) is 22.3. The van der Waals surface area contributed by atoms with Crippen molar-refractivity contribution in [3.05, 3.63) is 65.7 Å². The van der Waals surface area contributed by atoms with Gasteiger partial charge >= 0.3 is 6.09 Å². The van der Waals surface area contributed by atoms with Crippen molar-refractivity contribution < 1.29 is 19.1 Å². The molecule has 38 heavy (non-hydrogen) atoms. The molecule has 0 unspecified atom stereocenters. The van der Waals surface area contributed by atoms with E-state index in [0.717, 1.165) is 17.5 Å². The number of carbonyl (C=O) groups excluding carboxylic acids is 1. The van der Waals surface area contributed by atoms with Crippen LogP contribution in [0.1, 0.15) is 49.5 Å². The molecule has 0 spiro atoms. The maximum Gasteiger partial charge on any atom is 0.407 e. The second-order valence-electron chi connectivity index (χ2n) is 10.8. The van der Waals surface area contributed by atoms with Gasteiger partial charge in [0.2, 0.25) is 0 Å². The van der Waals surface area contributed by atoms with Crippen LogP contribution in [0.5, 0.6) is 0 Å². The normalized spacial score (nSPS) is 17.4. The average Bonchev–Trinajstić information content (AvgIpc) is 3.49. The van der Waals surface area contributed by atoms with E-state index < -0.39 is 11.6 Å². The molecule has 2 aromatic heterocycles. The highest BCUT2D eigenvalue weighted by Gasteiger charge is 2.51. The highest BCUT2D eigenvalue weighted by molar-refractivity contribution is 5.99. The van der Waals surface area contributed by atoms with Gasteiger partial charge in [0.15, 0.2) is 0 Å². The molecule has 3 aromatic rings. The van der Waals surface area contributed by atoms with Gasteiger partial charge in [-0.05, 0) is 54.5 Å². The molecule has 0 saturated carbocycles. The number of hydrogen-bond donors (Lipinski definition) is 3. The Morgan fingerprint density at radius 1 is 1.21 bits per heavy atom. The summed E-state index contributed by atoms with van der Waals surface area (Å²) in [7, 11) is 1.82. The fourth-order valence-corrected chi connectivity index (χ4v) is 5.22. The van der Waals surface area contributed by atoms with Gasteiger partial charge in [0.05, 0.1) is 23.0 Å². The molecule has 1 aliphatic heterocycles. The van der Waals surface area contributed by atoms with Crippen molar-refractivity contribution >= 4 is 17.8 Å². The highest BCUT2D eigenvalue weighted by atomic mass is 19.1. The summed E-state index contributed by atoms with van der Waals surface area (Å²) < 4.78 is 15.3. The summed E-state index contributed by atoms with van der Waals surface area (Å²) in [6, 6.07) is 9.87. The Morgan fingerprint density at radius 3 is 2.66 bits per heavy atom. The number of carboxylic acid groups (broad SMARTS) is 1. The third-order valence-electron chi connectivity index (χ3n) is 7.39. The van der Waals surface area contributed by atoms with E-state index in [1.54, 1.807) is 29.1 Å². The van der Waals surface area contributed by atoms with Gasteiger partial charge in [-0.1, -0.05) is 32.9 Å². The van der Waals surface area contributed by atoms with Gasteiger partial charge in [0.25, 0.3) is 5.91 Å². The van der Waals surface area contributed by atoms with Gasteiger partial charge in [0, 0.05) is 38.4 Å². The molecule has 1 saturated heterocycles. The molecule has 1 atom stereocenters. The average molecular weight is 523 g/mol. The molecular formula is C28H35FN6O3. The third kappa shape index (κ3) is 5.64. The van der Waals surface area contributed by atoms with E-state index in [-0.39, 0.29) is 23.7 Å². The summed E-state index contributed by atoms with van der Waals surface area (Å²) in [6.45, 7) is 7.08. The van der Waals surface area contributed by atoms with Crippen molar-refractivity contribution in [2.75, 3.05) is 25.0 Å². The number of carbonyl (C=O) groups is 2. The van der Waals surface area contributed by atoms with Crippen LogP contribution in [0, 0.1) is 11.2 Å². The number of hydrogen-bond acceptors (Lipinski definition) is 5. The molecule has 0 bridgehead atoms. The fourth-order valence-electron chi connectivity index (χ4n) is 5.22. The summed E-state index contributed by atoms with van der Waals surface area (Å²) >= 11 is 0. The molecule has 3 N–H and O–H groups in total. The summed E-state index contributed by atoms with van der Waals surface area (Å²) in [5, 5.41) is 20.3. The summed E-state index contributed by atoms with van der Waals surface area (Å²) in [5.74, 6) is -0.245. The van der Waals surface area contributed by atoms with E-state index in [4.69, 9.17) is 4.98 Å². The lowest BCUT2D eigenvalue weighted by Gasteiger charge is -2.47. The van der Waals surface area contributed by atoms with E-state index in [9.17, 15) is 19.1 Å². The van der Waals surface area contributed by atoms with Crippen molar-refractivity contribution in [3.8, 4) is 11.3 Å². The molecule has 4 rings (SSSR count). The van der Waals surface area contributed by atoms with Gasteiger partial charge in [-0.15, -0.1) is 0 Å². The molecule has 1 aromatic carbocycles. The Morgan fingerprint density at radius 2 is 2.00 bits per heavy atom. The van der Waals surface area contributed by atoms with E-state index in [1.165, 1.54) is 17.0 Å². The van der Waals surface area contributed by atoms with Crippen LogP contribution in [0.15, 0.2) is 48.8 Å². The largest absolute Gasteiger partial charge is 0.465 e. The van der Waals surface area contributed by atoms with E-state index in [2.05, 4.69) is 15.7 Å². The lowest BCUT2D eigenvalue weighted by atomic mass is 9.71. The van der Waals surface area contributed by atoms with Crippen molar-refractivity contribution in [2.45, 2.75) is 45.6 Å². The van der Waals surface area contributed by atoms with E-state index in [0.29, 0.717) is 43.0 Å². The molecule has 202 valence electrons. The first-order chi connectivity index (χ1) is 18.0. The van der Waals surface area contributed by atoms with E-state index >= 15 is 0 Å². The van der Waals surface area contributed by atoms with Crippen LogP contribution in [0.3, 0.4) is 0 Å². The minimum absolute atomic E-state index is 0.189. The van der Waals surface area contributed by atoms with Crippen molar-refractivity contribution in [2.24, 2.45) is 12.5 Å². The van der Waals surface area contributed by atoms with Crippen LogP contribution >= 0.6 is 0 Å². The third-order valence-corrected chi connectivity index (χ3v) is 7.39. The molecular weight excluding hydrogens is 487 g/mol. The maximum absolute atomic E-state index is 13.6. The first kappa shape index (κ1) is 27.1. The van der Waals surface area contributed by atoms with E-state index in [1.807, 2.05) is 40.1 Å². The highest BCUT2D eigenvalue weighted by Crippen LogP contribution is 2.43. The smallest absolute Gasteiger partial charge is 0.407 e. The molecule has 9 nitrogen and oxygen atoms in total. The predicted molar refractivity (Wildman–Crippen MR) is 144 cm³/mol. The SMILES string of the molecule is Cn1cc(-c2ccc(C(=O)NC[C@]3(C(C)(C)C)CCCN3C(=O)O)c(NCCc3cccc(F)c3)n2)cn1. The minimum atomic E-state index is -0.978. The van der Waals surface area contributed by atoms with Gasteiger partial charge in [-0.25, -0.2) is 14.2 Å². The molecule has 0 radical (unpaired) electrons. The zero-order chi connectivity index (χ0) is 27.5. The number of likely N-dealkylation sites (tertiary alicyclic amines) is 1. The Bertz CT molecular complexity index is 1320. The lowest BCUT2D eigenvalue weighted by molar-refractivity contribution is 0.0300. The summed E-state index contributed by atoms with van der Waals surface area (Å²) in [5.41, 5.74) is 1.53. The number of nitrogens with zero attached hydrogens (tertiary/aromatic N) is 4. The van der Waals surface area contributed by atoms with Crippen LogP contribution in [-0.2, 0) is 13.5 Å². The van der Waals surface area contributed by atoms with Crippen LogP contribution in [0.4, 0.5) is 15.0 Å². The molecule has 3 heterocycles. The molecule has 1 fully saturated rings. The number of rotatable bonds is 8. The quantitative estimate of drug-likeness (QED) is 0.400. The first-order valence-corrected chi connectivity index (χ1v) is 12.8. The van der Waals surface area contributed by atoms with Crippen molar-refractivity contribution in [1.82, 2.24) is 25.0 Å². The molecule has 1 aliphatic rings. The van der Waals surface area contributed by atoms with Crippen molar-refractivity contribution in [3.63, 3.8) is 0 Å². The zero-order valence-corrected chi connectivity index (χ0v) is 22.3. The number of aromatic nitrogens is 3. The molecule has 10 heteroatoms. The van der Waals surface area contributed by atoms with Crippen LogP contribution in [0.2, 0.25) is 0 Å². The second kappa shape index (κ2) is 10.8. The molecule has 2 amide bonds. The predicted octanol–water partition coefficient (Wildman–Crippen LogP) is 4.56. The van der Waals surface area contributed by atoms with Gasteiger partial charge < -0.3 is 20.6 Å². The topological polar surface area (TPSA) is 112 Å². The number of aryl methyl sites for hydroxylation is 1. The monoisotopic (exact) mass is 522 g/mol. The Kier molecular flexibility index (Phi) is 7.71. The van der Waals surface area contributed by atoms with Crippen LogP contribution < -0.4 is 10.6 Å². The standard InChI is InChI=1S/C28H35FN6O3/c1-27(2,3)28(12-6-14-35(28)26(37)38)18-31-25(36)22-9-10-23(20-16-32-34(4)17-20)33-24(22)30-13-11-19-7-5-8-21(29)15-19/h5,7-10,15-17H,6,11-14,18H2,1-4H3,(H,30,33)(H,31,36)(H,37,38)/t28-/m0/s1. The van der Waals surface area contributed by atoms with Gasteiger partial charge in [-0.3, -0.25) is 9.48 Å². The first-order valence-electron chi connectivity index (χ1n) is 12.8. The number of nitrogens with one attached hydrogen (secondary N) is 2. The Labute approximate surface area is 222 Å². The number of amides is 2. The summed E-state index contributed by atoms with van der Waals surface area (Å²) in [6.07, 6.45) is 4.51. The van der Waals surface area contributed by atoms with Crippen molar-refractivity contribution in [1.29, 1.82) is 0 Å². The number of pyridine rings is 1. The Balaban J connectivity index is 1.57. The number of halogens is 1. The maximum atomic E-state index is 13.6. The lowest BCUT2D eigenvalue weighted by Crippen LogP contribution is -2.61. The molecule has 0 aliphatic carbocycles. The minimum Gasteiger partial charge on any atom is -0.465 e. The van der Waals surface area contributed by atoms with Crippen LogP contribution in [0.25, 0.3) is 11.3 Å². The summed E-state index contributed by atoms with van der Waals surface area (Å²) in [4.78, 5) is 31.7. The number of anilines is 1. The fraction of sp³-hybridized carbons (Fsp3) is 0.429. The number of benzene rings is 1. The van der Waals surface area contributed by atoms with Gasteiger partial charge in [-0.2, -0.15) is 5.10 Å². The van der Waals surface area contributed by atoms with Gasteiger partial charge in [0.1, 0.15) is 11.6 Å². The van der Waals surface area contributed by atoms with Crippen LogP contribution in [-0.4, -0.2) is 61.9 Å².